The van der Waals surface area contributed by atoms with Crippen LogP contribution >= 0.6 is 0 Å². The molecular weight excluding hydrogens is 482 g/mol. The number of esters is 1. The highest BCUT2D eigenvalue weighted by Gasteiger charge is 2.36. The first-order chi connectivity index (χ1) is 18.4. The Bertz CT molecular complexity index is 1430. The number of amides is 2. The fourth-order valence-electron chi connectivity index (χ4n) is 4.57. The maximum atomic E-state index is 12.7. The molecule has 8 heteroatoms. The monoisotopic (exact) mass is 509 g/mol. The summed E-state index contributed by atoms with van der Waals surface area (Å²) in [5.74, 6) is 4.70. The highest BCUT2D eigenvalue weighted by atomic mass is 16.5. The van der Waals surface area contributed by atoms with Gasteiger partial charge in [0.05, 0.1) is 29.2 Å². The van der Waals surface area contributed by atoms with Gasteiger partial charge in [0.1, 0.15) is 17.4 Å². The van der Waals surface area contributed by atoms with Crippen LogP contribution in [-0.2, 0) is 14.3 Å². The number of hydrogen-bond acceptors (Lipinski definition) is 7. The third kappa shape index (κ3) is 5.16. The average molecular weight is 510 g/mol. The van der Waals surface area contributed by atoms with Gasteiger partial charge in [0, 0.05) is 18.5 Å². The number of benzene rings is 2. The summed E-state index contributed by atoms with van der Waals surface area (Å²) in [6.07, 6.45) is 1.94. The number of fused-ring (bicyclic) bond motifs is 1. The minimum absolute atomic E-state index is 0.0439. The Morgan fingerprint density at radius 3 is 2.47 bits per heavy atom. The van der Waals surface area contributed by atoms with Crippen molar-refractivity contribution in [2.24, 2.45) is 5.73 Å². The van der Waals surface area contributed by atoms with E-state index in [-0.39, 0.29) is 35.5 Å². The van der Waals surface area contributed by atoms with Gasteiger partial charge in [0.15, 0.2) is 0 Å². The van der Waals surface area contributed by atoms with Crippen molar-refractivity contribution < 1.29 is 23.9 Å². The van der Waals surface area contributed by atoms with Crippen LogP contribution in [-0.4, -0.2) is 35.8 Å². The number of carbonyl (C=O) groups is 3. The van der Waals surface area contributed by atoms with Crippen molar-refractivity contribution in [2.75, 3.05) is 13.2 Å². The second-order valence-electron chi connectivity index (χ2n) is 8.81. The number of rotatable bonds is 7. The molecule has 0 aromatic heterocycles. The summed E-state index contributed by atoms with van der Waals surface area (Å²) < 4.78 is 10.7. The Balaban J connectivity index is 1.42. The minimum Gasteiger partial charge on any atom is -0.463 e. The van der Waals surface area contributed by atoms with Crippen LogP contribution in [0.25, 0.3) is 0 Å². The van der Waals surface area contributed by atoms with Gasteiger partial charge < -0.3 is 15.2 Å². The van der Waals surface area contributed by atoms with Crippen molar-refractivity contribution in [1.29, 1.82) is 5.26 Å². The predicted octanol–water partition coefficient (Wildman–Crippen LogP) is 4.15. The highest BCUT2D eigenvalue weighted by molar-refractivity contribution is 6.21. The largest absolute Gasteiger partial charge is 0.463 e. The third-order valence-corrected chi connectivity index (χ3v) is 6.37. The van der Waals surface area contributed by atoms with E-state index in [0.29, 0.717) is 53.8 Å². The van der Waals surface area contributed by atoms with Gasteiger partial charge in [-0.1, -0.05) is 36.1 Å². The fourth-order valence-corrected chi connectivity index (χ4v) is 4.57. The zero-order chi connectivity index (χ0) is 27.2. The zero-order valence-electron chi connectivity index (χ0n) is 21.2. The second kappa shape index (κ2) is 11.5. The van der Waals surface area contributed by atoms with Gasteiger partial charge in [-0.05, 0) is 56.5 Å². The number of hydrogen-bond donors (Lipinski definition) is 1. The molecule has 2 aromatic carbocycles. The van der Waals surface area contributed by atoms with E-state index in [2.05, 4.69) is 17.9 Å². The second-order valence-corrected chi connectivity index (χ2v) is 8.81. The van der Waals surface area contributed by atoms with E-state index in [0.717, 1.165) is 0 Å². The summed E-state index contributed by atoms with van der Waals surface area (Å²) in [6.45, 7) is 3.85. The lowest BCUT2D eigenvalue weighted by atomic mass is 9.82. The predicted molar refractivity (Wildman–Crippen MR) is 139 cm³/mol. The summed E-state index contributed by atoms with van der Waals surface area (Å²) in [5.41, 5.74) is 8.63. The van der Waals surface area contributed by atoms with Crippen molar-refractivity contribution in [2.45, 2.75) is 39.0 Å². The Labute approximate surface area is 221 Å². The van der Waals surface area contributed by atoms with Crippen LogP contribution in [0, 0.1) is 23.2 Å². The van der Waals surface area contributed by atoms with Crippen LogP contribution in [0.4, 0.5) is 0 Å². The molecule has 0 saturated carbocycles. The van der Waals surface area contributed by atoms with Crippen LogP contribution in [0.3, 0.4) is 0 Å². The van der Waals surface area contributed by atoms with Gasteiger partial charge in [0.2, 0.25) is 5.88 Å². The topological polar surface area (TPSA) is 123 Å². The summed E-state index contributed by atoms with van der Waals surface area (Å²) >= 11 is 0. The average Bonchev–Trinajstić information content (AvgIpc) is 3.15. The molecule has 0 saturated heterocycles. The quantitative estimate of drug-likeness (QED) is 0.257. The normalized spacial score (nSPS) is 16.4. The number of imide groups is 1. The molecule has 4 rings (SSSR count). The molecule has 2 N–H and O–H groups in total. The molecule has 2 aliphatic rings. The van der Waals surface area contributed by atoms with Crippen molar-refractivity contribution >= 4 is 17.8 Å². The van der Waals surface area contributed by atoms with Crippen LogP contribution in [0.5, 0.6) is 0 Å². The number of nitriles is 1. The molecule has 0 bridgehead atoms. The van der Waals surface area contributed by atoms with Gasteiger partial charge in [0.25, 0.3) is 11.8 Å². The fraction of sp³-hybridized carbons (Fsp3) is 0.267. The summed E-state index contributed by atoms with van der Waals surface area (Å²) in [6, 6.07) is 16.2. The summed E-state index contributed by atoms with van der Waals surface area (Å²) in [4.78, 5) is 38.9. The molecule has 1 atom stereocenters. The number of nitrogens with zero attached hydrogens (tertiary/aromatic N) is 2. The van der Waals surface area contributed by atoms with Crippen LogP contribution in [0.15, 0.2) is 71.3 Å². The third-order valence-electron chi connectivity index (χ3n) is 6.37. The van der Waals surface area contributed by atoms with E-state index < -0.39 is 11.9 Å². The van der Waals surface area contributed by atoms with Crippen LogP contribution < -0.4 is 5.73 Å². The van der Waals surface area contributed by atoms with Gasteiger partial charge in [-0.3, -0.25) is 14.5 Å². The lowest BCUT2D eigenvalue weighted by molar-refractivity contribution is -0.139. The molecule has 38 heavy (non-hydrogen) atoms. The van der Waals surface area contributed by atoms with Gasteiger partial charge in [-0.25, -0.2) is 4.79 Å². The van der Waals surface area contributed by atoms with Crippen LogP contribution in [0.1, 0.15) is 70.9 Å². The van der Waals surface area contributed by atoms with Gasteiger partial charge in [-0.2, -0.15) is 5.26 Å². The van der Waals surface area contributed by atoms with Gasteiger partial charge in [-0.15, -0.1) is 0 Å². The SMILES string of the molecule is CCOC(=O)C1=C(C)OC(N)=C(C#N)C1c1cccc(C#CCCCCN2C(=O)c3ccccc3C2=O)c1. The van der Waals surface area contributed by atoms with Crippen LogP contribution in [0.2, 0.25) is 0 Å². The first-order valence-corrected chi connectivity index (χ1v) is 12.4. The molecular formula is C30H27N3O5. The van der Waals surface area contributed by atoms with E-state index in [4.69, 9.17) is 15.2 Å². The van der Waals surface area contributed by atoms with E-state index in [1.165, 1.54) is 4.90 Å². The first kappa shape index (κ1) is 26.2. The lowest BCUT2D eigenvalue weighted by Crippen LogP contribution is -2.30. The van der Waals surface area contributed by atoms with E-state index in [1.54, 1.807) is 50.2 Å². The Hall–Kier alpha value is -4.82. The van der Waals surface area contributed by atoms with Crippen molar-refractivity contribution in [3.05, 3.63) is 93.6 Å². The molecule has 8 nitrogen and oxygen atoms in total. The first-order valence-electron chi connectivity index (χ1n) is 12.4. The molecule has 0 aliphatic carbocycles. The smallest absolute Gasteiger partial charge is 0.338 e. The molecule has 2 aliphatic heterocycles. The van der Waals surface area contributed by atoms with Crippen molar-refractivity contribution in [3.63, 3.8) is 0 Å². The maximum absolute atomic E-state index is 12.7. The standard InChI is InChI=1S/C30H27N3O5/c1-3-37-30(36)25-19(2)38-27(32)24(18-31)26(25)21-13-10-12-20(17-21)11-6-4-5-9-16-33-28(34)22-14-7-8-15-23(22)29(33)35/h7-8,10,12-15,17,26H,3-5,9,16,32H2,1-2H3. The number of allylic oxidation sites excluding steroid dienone is 2. The van der Waals surface area contributed by atoms with Gasteiger partial charge >= 0.3 is 5.97 Å². The zero-order valence-corrected chi connectivity index (χ0v) is 21.2. The van der Waals surface area contributed by atoms with Crippen molar-refractivity contribution in [3.8, 4) is 17.9 Å². The summed E-state index contributed by atoms with van der Waals surface area (Å²) in [7, 11) is 0. The molecule has 2 amide bonds. The lowest BCUT2D eigenvalue weighted by Gasteiger charge is -2.26. The maximum Gasteiger partial charge on any atom is 0.338 e. The molecule has 192 valence electrons. The number of nitrogens with two attached hydrogens (primary N) is 1. The van der Waals surface area contributed by atoms with E-state index >= 15 is 0 Å². The number of carbonyl (C=O) groups excluding carboxylic acids is 3. The molecule has 2 heterocycles. The van der Waals surface area contributed by atoms with Crippen molar-refractivity contribution in [1.82, 2.24) is 4.90 Å². The molecule has 0 fully saturated rings. The highest BCUT2D eigenvalue weighted by Crippen LogP contribution is 2.39. The van der Waals surface area contributed by atoms with E-state index in [1.807, 2.05) is 12.1 Å². The molecule has 2 aromatic rings. The molecule has 0 radical (unpaired) electrons. The minimum atomic E-state index is -0.728. The summed E-state index contributed by atoms with van der Waals surface area (Å²) in [5, 5.41) is 9.75. The molecule has 0 spiro atoms. The Morgan fingerprint density at radius 1 is 1.11 bits per heavy atom. The van der Waals surface area contributed by atoms with E-state index in [9.17, 15) is 19.6 Å². The number of unbranched alkanes of at least 4 members (excludes halogenated alkanes) is 2. The Kier molecular flexibility index (Phi) is 7.94. The Morgan fingerprint density at radius 2 is 1.82 bits per heavy atom. The number of ether oxygens (including phenoxy) is 2. The molecule has 1 unspecified atom stereocenters.